The van der Waals surface area contributed by atoms with E-state index in [0.717, 1.165) is 25.7 Å². The van der Waals surface area contributed by atoms with Gasteiger partial charge in [0.2, 0.25) is 0 Å². The summed E-state index contributed by atoms with van der Waals surface area (Å²) in [6.07, 6.45) is 1.73. The number of aliphatic hydroxyl groups excluding tert-OH is 1. The van der Waals surface area contributed by atoms with Crippen LogP contribution in [-0.4, -0.2) is 48.2 Å². The van der Waals surface area contributed by atoms with E-state index in [2.05, 4.69) is 0 Å². The zero-order valence-electron chi connectivity index (χ0n) is 13.1. The minimum absolute atomic E-state index is 0.340. The van der Waals surface area contributed by atoms with Crippen LogP contribution in [0.2, 0.25) is 0 Å². The van der Waals surface area contributed by atoms with E-state index in [1.54, 1.807) is 0 Å². The summed E-state index contributed by atoms with van der Waals surface area (Å²) in [6.45, 7) is 8.96. The number of aliphatic hydroxyl groups is 1. The van der Waals surface area contributed by atoms with Gasteiger partial charge in [0, 0.05) is 0 Å². The van der Waals surface area contributed by atoms with Crippen molar-refractivity contribution in [1.29, 1.82) is 0 Å². The zero-order chi connectivity index (χ0) is 14.8. The van der Waals surface area contributed by atoms with Gasteiger partial charge < -0.3 is 24.1 Å². The molecule has 5 heteroatoms. The van der Waals surface area contributed by atoms with Crippen molar-refractivity contribution in [2.75, 3.05) is 13.2 Å². The van der Waals surface area contributed by atoms with Crippen molar-refractivity contribution in [2.45, 2.75) is 83.3 Å². The molecule has 0 amide bonds. The monoisotopic (exact) mass is 288 g/mol. The van der Waals surface area contributed by atoms with Gasteiger partial charge in [-0.2, -0.15) is 0 Å². The molecule has 0 aromatic rings. The summed E-state index contributed by atoms with van der Waals surface area (Å²) in [6, 6.07) is 0. The zero-order valence-corrected chi connectivity index (χ0v) is 13.1. The van der Waals surface area contributed by atoms with Crippen LogP contribution < -0.4 is 0 Å². The summed E-state index contributed by atoms with van der Waals surface area (Å²) in [5.41, 5.74) is 0. The smallest absolute Gasteiger partial charge is 0.168 e. The SMILES string of the molecule is CCC1(CC)OC[C@@H](C(O)[C@@H]2COC(CC)(CC)O2)O1. The van der Waals surface area contributed by atoms with Crippen LogP contribution in [-0.2, 0) is 18.9 Å². The number of hydrogen-bond acceptors (Lipinski definition) is 5. The van der Waals surface area contributed by atoms with Crippen LogP contribution >= 0.6 is 0 Å². The van der Waals surface area contributed by atoms with E-state index in [0.29, 0.717) is 13.2 Å². The molecule has 20 heavy (non-hydrogen) atoms. The third-order valence-electron chi connectivity index (χ3n) is 4.67. The number of ether oxygens (including phenoxy) is 4. The third-order valence-corrected chi connectivity index (χ3v) is 4.67. The van der Waals surface area contributed by atoms with Gasteiger partial charge in [-0.1, -0.05) is 27.7 Å². The van der Waals surface area contributed by atoms with Crippen LogP contribution in [0.4, 0.5) is 0 Å². The number of hydrogen-bond donors (Lipinski definition) is 1. The Hall–Kier alpha value is -0.200. The van der Waals surface area contributed by atoms with Crippen molar-refractivity contribution < 1.29 is 24.1 Å². The van der Waals surface area contributed by atoms with E-state index in [1.165, 1.54) is 0 Å². The van der Waals surface area contributed by atoms with Crippen molar-refractivity contribution in [2.24, 2.45) is 0 Å². The van der Waals surface area contributed by atoms with Gasteiger partial charge in [0.25, 0.3) is 0 Å². The molecular weight excluding hydrogens is 260 g/mol. The minimum Gasteiger partial charge on any atom is -0.388 e. The van der Waals surface area contributed by atoms with Crippen LogP contribution in [0.1, 0.15) is 53.4 Å². The fourth-order valence-corrected chi connectivity index (χ4v) is 2.97. The summed E-state index contributed by atoms with van der Waals surface area (Å²) in [5, 5.41) is 10.5. The van der Waals surface area contributed by atoms with E-state index in [4.69, 9.17) is 18.9 Å². The molecule has 2 fully saturated rings. The summed E-state index contributed by atoms with van der Waals surface area (Å²) in [7, 11) is 0. The fraction of sp³-hybridized carbons (Fsp3) is 1.00. The Kier molecular flexibility index (Phi) is 5.08. The van der Waals surface area contributed by atoms with Crippen LogP contribution in [0.15, 0.2) is 0 Å². The molecule has 0 aromatic carbocycles. The minimum atomic E-state index is -0.713. The predicted molar refractivity (Wildman–Crippen MR) is 74.3 cm³/mol. The fourth-order valence-electron chi connectivity index (χ4n) is 2.97. The normalized spacial score (nSPS) is 32.1. The van der Waals surface area contributed by atoms with E-state index in [-0.39, 0.29) is 12.2 Å². The third kappa shape index (κ3) is 2.88. The molecule has 5 nitrogen and oxygen atoms in total. The molecule has 2 atom stereocenters. The van der Waals surface area contributed by atoms with Gasteiger partial charge >= 0.3 is 0 Å². The van der Waals surface area contributed by atoms with Crippen molar-refractivity contribution in [1.82, 2.24) is 0 Å². The highest BCUT2D eigenvalue weighted by Crippen LogP contribution is 2.36. The molecule has 1 N–H and O–H groups in total. The molecule has 0 saturated carbocycles. The van der Waals surface area contributed by atoms with E-state index in [9.17, 15) is 5.11 Å². The average Bonchev–Trinajstić information content (AvgIpc) is 3.12. The molecule has 0 unspecified atom stereocenters. The molecule has 0 aromatic heterocycles. The lowest BCUT2D eigenvalue weighted by Gasteiger charge is -2.29. The Balaban J connectivity index is 1.95. The molecule has 2 aliphatic heterocycles. The van der Waals surface area contributed by atoms with Crippen molar-refractivity contribution >= 4 is 0 Å². The van der Waals surface area contributed by atoms with Gasteiger partial charge in [-0.05, 0) is 25.7 Å². The second-order valence-electron chi connectivity index (χ2n) is 5.66. The van der Waals surface area contributed by atoms with Gasteiger partial charge in [-0.25, -0.2) is 0 Å². The Morgan fingerprint density at radius 2 is 1.20 bits per heavy atom. The molecule has 2 heterocycles. The van der Waals surface area contributed by atoms with Crippen LogP contribution in [0.3, 0.4) is 0 Å². The standard InChI is InChI=1S/C15H28O5/c1-5-14(6-2)17-9-11(19-14)13(16)12-10-18-15(7-3,8-4)20-12/h11-13,16H,5-10H2,1-4H3/t11-,12-/m0/s1. The topological polar surface area (TPSA) is 57.2 Å². The number of rotatable bonds is 6. The first-order valence-electron chi connectivity index (χ1n) is 7.85. The lowest BCUT2D eigenvalue weighted by molar-refractivity contribution is -0.204. The Bertz CT molecular complexity index is 281. The van der Waals surface area contributed by atoms with Gasteiger partial charge in [0.1, 0.15) is 18.3 Å². The Morgan fingerprint density at radius 1 is 0.850 bits per heavy atom. The molecule has 118 valence electrons. The average molecular weight is 288 g/mol. The Labute approximate surface area is 121 Å². The van der Waals surface area contributed by atoms with Crippen molar-refractivity contribution in [3.8, 4) is 0 Å². The lowest BCUT2D eigenvalue weighted by atomic mass is 10.1. The predicted octanol–water partition coefficient (Wildman–Crippen LogP) is 2.21. The molecular formula is C15H28O5. The van der Waals surface area contributed by atoms with Gasteiger partial charge in [0.05, 0.1) is 13.2 Å². The maximum Gasteiger partial charge on any atom is 0.168 e. The van der Waals surface area contributed by atoms with Gasteiger partial charge in [-0.3, -0.25) is 0 Å². The molecule has 0 radical (unpaired) electrons. The summed E-state index contributed by atoms with van der Waals surface area (Å²) in [5.74, 6) is -1.09. The maximum atomic E-state index is 10.5. The molecule has 0 aliphatic carbocycles. The Morgan fingerprint density at radius 3 is 1.45 bits per heavy atom. The molecule has 0 spiro atoms. The summed E-state index contributed by atoms with van der Waals surface area (Å²) < 4.78 is 23.4. The van der Waals surface area contributed by atoms with Gasteiger partial charge in [-0.15, -0.1) is 0 Å². The molecule has 0 bridgehead atoms. The first kappa shape index (κ1) is 16.2. The summed E-state index contributed by atoms with van der Waals surface area (Å²) in [4.78, 5) is 0. The van der Waals surface area contributed by atoms with Crippen LogP contribution in [0, 0.1) is 0 Å². The first-order valence-corrected chi connectivity index (χ1v) is 7.85. The second-order valence-corrected chi connectivity index (χ2v) is 5.66. The summed E-state index contributed by atoms with van der Waals surface area (Å²) >= 11 is 0. The maximum absolute atomic E-state index is 10.5. The van der Waals surface area contributed by atoms with E-state index < -0.39 is 17.7 Å². The van der Waals surface area contributed by atoms with Gasteiger partial charge in [0.15, 0.2) is 11.6 Å². The largest absolute Gasteiger partial charge is 0.388 e. The highest BCUT2D eigenvalue weighted by Gasteiger charge is 2.48. The van der Waals surface area contributed by atoms with E-state index in [1.807, 2.05) is 27.7 Å². The highest BCUT2D eigenvalue weighted by molar-refractivity contribution is 4.89. The highest BCUT2D eigenvalue weighted by atomic mass is 16.8. The molecule has 2 aliphatic rings. The van der Waals surface area contributed by atoms with Crippen molar-refractivity contribution in [3.05, 3.63) is 0 Å². The van der Waals surface area contributed by atoms with Crippen LogP contribution in [0.25, 0.3) is 0 Å². The van der Waals surface area contributed by atoms with Crippen molar-refractivity contribution in [3.63, 3.8) is 0 Å². The lowest BCUT2D eigenvalue weighted by Crippen LogP contribution is -2.42. The quantitative estimate of drug-likeness (QED) is 0.812. The van der Waals surface area contributed by atoms with E-state index >= 15 is 0 Å². The first-order chi connectivity index (χ1) is 9.53. The molecule has 2 saturated heterocycles. The second kappa shape index (κ2) is 6.28. The molecule has 2 rings (SSSR count). The van der Waals surface area contributed by atoms with Crippen LogP contribution in [0.5, 0.6) is 0 Å².